The Morgan fingerprint density at radius 1 is 1.03 bits per heavy atom. The number of methoxy groups -OCH3 is 1. The van der Waals surface area contributed by atoms with Crippen LogP contribution in [0.2, 0.25) is 0 Å². The Labute approximate surface area is 207 Å². The number of carbonyl (C=O) groups excluding carboxylic acids is 1. The highest BCUT2D eigenvalue weighted by Gasteiger charge is 2.26. The van der Waals surface area contributed by atoms with E-state index in [-0.39, 0.29) is 12.0 Å². The summed E-state index contributed by atoms with van der Waals surface area (Å²) in [5, 5.41) is 6.39. The van der Waals surface area contributed by atoms with Crippen molar-refractivity contribution in [2.24, 2.45) is 5.92 Å². The molecule has 4 aromatic carbocycles. The number of hydrogen-bond donors (Lipinski definition) is 1. The average molecular weight is 465 g/mol. The normalized spacial score (nSPS) is 16.1. The van der Waals surface area contributed by atoms with Gasteiger partial charge in [0.1, 0.15) is 0 Å². The summed E-state index contributed by atoms with van der Waals surface area (Å²) in [6, 6.07) is 30.0. The fourth-order valence-electron chi connectivity index (χ4n) is 5.25. The van der Waals surface area contributed by atoms with Crippen LogP contribution in [0.15, 0.2) is 84.9 Å². The van der Waals surface area contributed by atoms with Crippen molar-refractivity contribution in [3.8, 4) is 0 Å². The molecule has 4 heteroatoms. The minimum Gasteiger partial charge on any atom is -0.465 e. The number of carbonyl (C=O) groups is 1. The van der Waals surface area contributed by atoms with Crippen LogP contribution >= 0.6 is 0 Å². The van der Waals surface area contributed by atoms with E-state index in [0.717, 1.165) is 30.8 Å². The summed E-state index contributed by atoms with van der Waals surface area (Å²) < 4.78 is 5.02. The zero-order chi connectivity index (χ0) is 24.4. The zero-order valence-electron chi connectivity index (χ0n) is 20.6. The van der Waals surface area contributed by atoms with Crippen LogP contribution in [0.25, 0.3) is 10.8 Å². The van der Waals surface area contributed by atoms with Crippen LogP contribution in [-0.2, 0) is 11.2 Å². The number of aryl methyl sites for hydroxylation is 1. The molecule has 0 bridgehead atoms. The summed E-state index contributed by atoms with van der Waals surface area (Å²) in [6.07, 6.45) is 1.03. The van der Waals surface area contributed by atoms with Gasteiger partial charge in [0.25, 0.3) is 0 Å². The molecule has 4 nitrogen and oxygen atoms in total. The van der Waals surface area contributed by atoms with Crippen LogP contribution in [0.3, 0.4) is 0 Å². The number of nitrogens with one attached hydrogen (secondary N) is 1. The number of benzene rings is 4. The molecule has 1 heterocycles. The smallest absolute Gasteiger partial charge is 0.338 e. The molecule has 178 valence electrons. The highest BCUT2D eigenvalue weighted by atomic mass is 16.5. The Hall–Kier alpha value is -3.63. The molecule has 0 aromatic heterocycles. The summed E-state index contributed by atoms with van der Waals surface area (Å²) in [5.41, 5.74) is 6.45. The van der Waals surface area contributed by atoms with Gasteiger partial charge in [-0.15, -0.1) is 0 Å². The molecule has 0 amide bonds. The molecular weight excluding hydrogens is 432 g/mol. The topological polar surface area (TPSA) is 41.6 Å². The quantitative estimate of drug-likeness (QED) is 0.327. The van der Waals surface area contributed by atoms with Gasteiger partial charge in [-0.2, -0.15) is 0 Å². The van der Waals surface area contributed by atoms with Gasteiger partial charge in [-0.1, -0.05) is 66.7 Å². The molecular formula is C31H32N2O2. The summed E-state index contributed by atoms with van der Waals surface area (Å²) in [6.45, 7) is 5.99. The zero-order valence-corrected chi connectivity index (χ0v) is 20.6. The minimum atomic E-state index is -0.295. The monoisotopic (exact) mass is 464 g/mol. The van der Waals surface area contributed by atoms with E-state index in [1.54, 1.807) is 0 Å². The van der Waals surface area contributed by atoms with Gasteiger partial charge in [-0.3, -0.25) is 0 Å². The number of anilines is 2. The van der Waals surface area contributed by atoms with Gasteiger partial charge in [0, 0.05) is 30.5 Å². The lowest BCUT2D eigenvalue weighted by atomic mass is 9.91. The summed E-state index contributed by atoms with van der Waals surface area (Å²) in [4.78, 5) is 14.7. The average Bonchev–Trinajstić information content (AvgIpc) is 2.90. The Morgan fingerprint density at radius 3 is 2.66 bits per heavy atom. The summed E-state index contributed by atoms with van der Waals surface area (Å²) in [7, 11) is 1.43. The molecule has 0 saturated heterocycles. The molecule has 2 atom stereocenters. The van der Waals surface area contributed by atoms with Gasteiger partial charge in [-0.25, -0.2) is 4.79 Å². The van der Waals surface area contributed by atoms with Gasteiger partial charge in [0.05, 0.1) is 12.7 Å². The third kappa shape index (κ3) is 4.67. The fourth-order valence-corrected chi connectivity index (χ4v) is 5.25. The van der Waals surface area contributed by atoms with E-state index in [1.165, 1.54) is 34.7 Å². The molecule has 35 heavy (non-hydrogen) atoms. The van der Waals surface area contributed by atoms with Crippen LogP contribution in [0.1, 0.15) is 40.0 Å². The minimum absolute atomic E-state index is 0.247. The van der Waals surface area contributed by atoms with E-state index in [9.17, 15) is 4.79 Å². The van der Waals surface area contributed by atoms with Crippen LogP contribution in [-0.4, -0.2) is 26.2 Å². The van der Waals surface area contributed by atoms with Crippen LogP contribution in [0, 0.1) is 12.8 Å². The first-order valence-electron chi connectivity index (χ1n) is 12.3. The van der Waals surface area contributed by atoms with Crippen molar-refractivity contribution in [1.29, 1.82) is 0 Å². The predicted octanol–water partition coefficient (Wildman–Crippen LogP) is 6.60. The van der Waals surface area contributed by atoms with Crippen LogP contribution in [0.5, 0.6) is 0 Å². The molecule has 0 spiro atoms. The molecule has 1 aliphatic heterocycles. The van der Waals surface area contributed by atoms with Gasteiger partial charge in [0.15, 0.2) is 0 Å². The van der Waals surface area contributed by atoms with Crippen LogP contribution < -0.4 is 10.2 Å². The maximum Gasteiger partial charge on any atom is 0.338 e. The number of rotatable bonds is 6. The van der Waals surface area contributed by atoms with Gasteiger partial charge < -0.3 is 15.0 Å². The number of hydrogen-bond acceptors (Lipinski definition) is 4. The van der Waals surface area contributed by atoms with Gasteiger partial charge in [-0.05, 0) is 71.8 Å². The lowest BCUT2D eigenvalue weighted by molar-refractivity contribution is 0.0600. The highest BCUT2D eigenvalue weighted by molar-refractivity contribution is 5.92. The van der Waals surface area contributed by atoms with Crippen molar-refractivity contribution in [2.45, 2.75) is 26.3 Å². The lowest BCUT2D eigenvalue weighted by Crippen LogP contribution is -2.38. The van der Waals surface area contributed by atoms with E-state index < -0.39 is 0 Å². The second kappa shape index (κ2) is 9.93. The largest absolute Gasteiger partial charge is 0.465 e. The first kappa shape index (κ1) is 23.1. The van der Waals surface area contributed by atoms with Crippen molar-refractivity contribution in [3.63, 3.8) is 0 Å². The summed E-state index contributed by atoms with van der Waals surface area (Å²) in [5.74, 6) is 0.141. The van der Waals surface area contributed by atoms with E-state index in [2.05, 4.69) is 89.9 Å². The van der Waals surface area contributed by atoms with E-state index in [4.69, 9.17) is 4.74 Å². The fraction of sp³-hybridized carbons (Fsp3) is 0.258. The molecule has 1 N–H and O–H groups in total. The Bertz CT molecular complexity index is 1360. The van der Waals surface area contributed by atoms with Crippen molar-refractivity contribution in [2.75, 3.05) is 25.1 Å². The second-order valence-electron chi connectivity index (χ2n) is 9.50. The van der Waals surface area contributed by atoms with Crippen molar-refractivity contribution in [1.82, 2.24) is 5.32 Å². The number of esters is 1. The second-order valence-corrected chi connectivity index (χ2v) is 9.50. The van der Waals surface area contributed by atoms with E-state index in [0.29, 0.717) is 11.5 Å². The van der Waals surface area contributed by atoms with Crippen molar-refractivity contribution < 1.29 is 9.53 Å². The highest BCUT2D eigenvalue weighted by Crippen LogP contribution is 2.36. The maximum atomic E-state index is 12.3. The molecule has 0 saturated carbocycles. The third-order valence-corrected chi connectivity index (χ3v) is 7.17. The lowest BCUT2D eigenvalue weighted by Gasteiger charge is -2.37. The third-order valence-electron chi connectivity index (χ3n) is 7.17. The molecule has 0 radical (unpaired) electrons. The number of para-hydroxylation sites is 1. The number of ether oxygens (including phenoxy) is 1. The predicted molar refractivity (Wildman–Crippen MR) is 144 cm³/mol. The molecule has 0 fully saturated rings. The number of fused-ring (bicyclic) bond motifs is 2. The van der Waals surface area contributed by atoms with Crippen molar-refractivity contribution in [3.05, 3.63) is 107 Å². The Morgan fingerprint density at radius 2 is 1.80 bits per heavy atom. The molecule has 1 aliphatic rings. The Balaban J connectivity index is 1.39. The van der Waals surface area contributed by atoms with Crippen LogP contribution in [0.4, 0.5) is 11.4 Å². The molecule has 2 unspecified atom stereocenters. The van der Waals surface area contributed by atoms with E-state index >= 15 is 0 Å². The van der Waals surface area contributed by atoms with Crippen molar-refractivity contribution >= 4 is 28.1 Å². The maximum absolute atomic E-state index is 12.3. The standard InChI is InChI=1S/C31H32N2O2/c1-21-15-16-26(18-29(21)31(34)35-3)33-20-23(17-25-10-5-7-14-30(25)33)19-32-22(2)27-13-8-11-24-9-4-6-12-28(24)27/h4-16,18,22-23,32H,17,19-20H2,1-3H3. The van der Waals surface area contributed by atoms with Gasteiger partial charge >= 0.3 is 5.97 Å². The SMILES string of the molecule is COC(=O)c1cc(N2CC(CNC(C)c3cccc4ccccc34)Cc3ccccc32)ccc1C. The Kier molecular flexibility index (Phi) is 6.56. The molecule has 5 rings (SSSR count). The molecule has 0 aliphatic carbocycles. The first-order chi connectivity index (χ1) is 17.0. The number of nitrogens with zero attached hydrogens (tertiary/aromatic N) is 1. The molecule has 4 aromatic rings. The van der Waals surface area contributed by atoms with Gasteiger partial charge in [0.2, 0.25) is 0 Å². The summed E-state index contributed by atoms with van der Waals surface area (Å²) >= 11 is 0. The first-order valence-corrected chi connectivity index (χ1v) is 12.3. The van der Waals surface area contributed by atoms with E-state index in [1.807, 2.05) is 19.1 Å².